The van der Waals surface area contributed by atoms with Gasteiger partial charge in [-0.3, -0.25) is 14.9 Å². The number of esters is 1. The molecule has 0 saturated carbocycles. The molecule has 0 fully saturated rings. The molecule has 0 bridgehead atoms. The monoisotopic (exact) mass is 307 g/mol. The summed E-state index contributed by atoms with van der Waals surface area (Å²) in [4.78, 5) is 33.6. The van der Waals surface area contributed by atoms with Gasteiger partial charge in [-0.15, -0.1) is 0 Å². The summed E-state index contributed by atoms with van der Waals surface area (Å²) >= 11 is 0. The number of nitro groups is 1. The van der Waals surface area contributed by atoms with Crippen LogP contribution in [0.3, 0.4) is 0 Å². The van der Waals surface area contributed by atoms with Crippen LogP contribution in [0.2, 0.25) is 0 Å². The maximum absolute atomic E-state index is 11.9. The Labute approximate surface area is 127 Å². The molecule has 0 atom stereocenters. The number of rotatable bonds is 8. The molecule has 0 saturated heterocycles. The van der Waals surface area contributed by atoms with E-state index < -0.39 is 16.7 Å². The summed E-state index contributed by atoms with van der Waals surface area (Å²) in [6, 6.07) is 5.63. The molecule has 0 N–H and O–H groups in total. The van der Waals surface area contributed by atoms with Crippen molar-refractivity contribution in [2.24, 2.45) is 0 Å². The molecule has 1 aromatic rings. The predicted octanol–water partition coefficient (Wildman–Crippen LogP) is 2.15. The van der Waals surface area contributed by atoms with Crippen LogP contribution in [0.15, 0.2) is 29.8 Å². The quantitative estimate of drug-likeness (QED) is 0.139. The number of non-ortho nitro benzene ring substituents is 1. The van der Waals surface area contributed by atoms with Crippen LogP contribution in [0.1, 0.15) is 19.4 Å². The number of carbonyl (C=O) groups excluding carboxylic acids is 2. The van der Waals surface area contributed by atoms with E-state index in [1.165, 1.54) is 31.2 Å². The van der Waals surface area contributed by atoms with Gasteiger partial charge in [-0.25, -0.2) is 4.79 Å². The molecule has 0 aliphatic carbocycles. The molecule has 0 aliphatic rings. The maximum atomic E-state index is 11.9. The second kappa shape index (κ2) is 8.68. The van der Waals surface area contributed by atoms with E-state index in [1.807, 2.05) is 6.92 Å². The summed E-state index contributed by atoms with van der Waals surface area (Å²) in [7, 11) is 0. The van der Waals surface area contributed by atoms with Crippen LogP contribution in [-0.2, 0) is 19.1 Å². The lowest BCUT2D eigenvalue weighted by molar-refractivity contribution is -0.384. The summed E-state index contributed by atoms with van der Waals surface area (Å²) in [6.07, 6.45) is 1.28. The van der Waals surface area contributed by atoms with Gasteiger partial charge in [0.15, 0.2) is 5.78 Å². The Hall–Kier alpha value is -2.54. The fraction of sp³-hybridized carbons (Fsp3) is 0.333. The molecule has 118 valence electrons. The van der Waals surface area contributed by atoms with Crippen LogP contribution in [0.25, 0.3) is 6.08 Å². The number of nitrogens with zero attached hydrogens (tertiary/aromatic N) is 1. The van der Waals surface area contributed by atoms with Crippen molar-refractivity contribution in [1.82, 2.24) is 0 Å². The molecule has 0 spiro atoms. The molecule has 0 aromatic heterocycles. The van der Waals surface area contributed by atoms with E-state index in [9.17, 15) is 19.7 Å². The summed E-state index contributed by atoms with van der Waals surface area (Å²) < 4.78 is 9.96. The highest BCUT2D eigenvalue weighted by atomic mass is 16.6. The second-order valence-electron chi connectivity index (χ2n) is 4.30. The van der Waals surface area contributed by atoms with Crippen LogP contribution in [-0.4, -0.2) is 36.5 Å². The van der Waals surface area contributed by atoms with Gasteiger partial charge < -0.3 is 9.47 Å². The van der Waals surface area contributed by atoms with Crippen LogP contribution in [0.5, 0.6) is 0 Å². The summed E-state index contributed by atoms with van der Waals surface area (Å²) in [5.41, 5.74) is 0.0829. The molecule has 0 heterocycles. The Morgan fingerprint density at radius 3 is 2.64 bits per heavy atom. The normalized spacial score (nSPS) is 11.1. The number of ketones is 1. The number of benzene rings is 1. The molecular formula is C15H17NO6. The largest absolute Gasteiger partial charge is 0.460 e. The van der Waals surface area contributed by atoms with Gasteiger partial charge in [-0.05, 0) is 25.5 Å². The van der Waals surface area contributed by atoms with Gasteiger partial charge in [0.1, 0.15) is 12.2 Å². The molecular weight excluding hydrogens is 290 g/mol. The van der Waals surface area contributed by atoms with Crippen LogP contribution in [0.4, 0.5) is 5.69 Å². The van der Waals surface area contributed by atoms with Crippen molar-refractivity contribution in [3.63, 3.8) is 0 Å². The molecule has 1 aromatic carbocycles. The topological polar surface area (TPSA) is 95.7 Å². The first-order valence-electron chi connectivity index (χ1n) is 6.67. The van der Waals surface area contributed by atoms with Gasteiger partial charge in [-0.2, -0.15) is 0 Å². The van der Waals surface area contributed by atoms with E-state index in [2.05, 4.69) is 0 Å². The van der Waals surface area contributed by atoms with E-state index in [0.717, 1.165) is 0 Å². The maximum Gasteiger partial charge on any atom is 0.341 e. The Kier molecular flexibility index (Phi) is 6.91. The fourth-order valence-electron chi connectivity index (χ4n) is 1.61. The van der Waals surface area contributed by atoms with Crippen molar-refractivity contribution in [2.45, 2.75) is 13.8 Å². The van der Waals surface area contributed by atoms with Crippen LogP contribution >= 0.6 is 0 Å². The van der Waals surface area contributed by atoms with Crippen molar-refractivity contribution in [1.29, 1.82) is 0 Å². The number of ether oxygens (including phenoxy) is 2. The number of hydrogen-bond donors (Lipinski definition) is 0. The van der Waals surface area contributed by atoms with Crippen molar-refractivity contribution in [3.8, 4) is 0 Å². The van der Waals surface area contributed by atoms with Crippen molar-refractivity contribution in [2.75, 3.05) is 19.8 Å². The first-order chi connectivity index (χ1) is 10.5. The van der Waals surface area contributed by atoms with E-state index >= 15 is 0 Å². The molecule has 0 unspecified atom stereocenters. The van der Waals surface area contributed by atoms with E-state index in [1.54, 1.807) is 6.07 Å². The average molecular weight is 307 g/mol. The van der Waals surface area contributed by atoms with Gasteiger partial charge >= 0.3 is 5.97 Å². The molecule has 0 radical (unpaired) electrons. The lowest BCUT2D eigenvalue weighted by Gasteiger charge is -2.06. The smallest absolute Gasteiger partial charge is 0.341 e. The van der Waals surface area contributed by atoms with Crippen molar-refractivity contribution < 1.29 is 24.0 Å². The zero-order valence-electron chi connectivity index (χ0n) is 12.4. The summed E-state index contributed by atoms with van der Waals surface area (Å²) in [5.74, 6) is -1.26. The molecule has 1 rings (SSSR count). The molecule has 0 aliphatic heterocycles. The zero-order valence-corrected chi connectivity index (χ0v) is 12.4. The average Bonchev–Trinajstić information content (AvgIpc) is 2.49. The van der Waals surface area contributed by atoms with Crippen LogP contribution in [0, 0.1) is 10.1 Å². The highest BCUT2D eigenvalue weighted by Gasteiger charge is 2.16. The summed E-state index contributed by atoms with van der Waals surface area (Å²) in [6.45, 7) is 3.81. The SMILES string of the molecule is CCOCCOC(=O)C(=Cc1cccc([N+](=O)[O-])c1)C(C)=O. The Bertz CT molecular complexity index is 593. The Morgan fingerprint density at radius 2 is 2.05 bits per heavy atom. The van der Waals surface area contributed by atoms with Gasteiger partial charge in [0.05, 0.1) is 11.5 Å². The Balaban J connectivity index is 2.90. The predicted molar refractivity (Wildman–Crippen MR) is 79.2 cm³/mol. The lowest BCUT2D eigenvalue weighted by Crippen LogP contribution is -2.16. The van der Waals surface area contributed by atoms with E-state index in [-0.39, 0.29) is 24.5 Å². The van der Waals surface area contributed by atoms with Gasteiger partial charge in [0.25, 0.3) is 5.69 Å². The highest BCUT2D eigenvalue weighted by Crippen LogP contribution is 2.16. The summed E-state index contributed by atoms with van der Waals surface area (Å²) in [5, 5.41) is 10.7. The molecule has 22 heavy (non-hydrogen) atoms. The third-order valence-electron chi connectivity index (χ3n) is 2.66. The van der Waals surface area contributed by atoms with Gasteiger partial charge in [0, 0.05) is 18.7 Å². The van der Waals surface area contributed by atoms with Crippen LogP contribution < -0.4 is 0 Å². The molecule has 0 amide bonds. The third-order valence-corrected chi connectivity index (χ3v) is 2.66. The molecule has 7 nitrogen and oxygen atoms in total. The zero-order chi connectivity index (χ0) is 16.5. The van der Waals surface area contributed by atoms with Gasteiger partial charge in [-0.1, -0.05) is 12.1 Å². The van der Waals surface area contributed by atoms with Gasteiger partial charge in [0.2, 0.25) is 0 Å². The number of hydrogen-bond acceptors (Lipinski definition) is 6. The van der Waals surface area contributed by atoms with E-state index in [0.29, 0.717) is 12.2 Å². The Morgan fingerprint density at radius 1 is 1.32 bits per heavy atom. The van der Waals surface area contributed by atoms with Crippen molar-refractivity contribution in [3.05, 3.63) is 45.5 Å². The molecule has 7 heteroatoms. The number of nitro benzene ring substituents is 1. The number of carbonyl (C=O) groups is 2. The fourth-order valence-corrected chi connectivity index (χ4v) is 1.61. The van der Waals surface area contributed by atoms with Crippen molar-refractivity contribution >= 4 is 23.5 Å². The highest BCUT2D eigenvalue weighted by molar-refractivity contribution is 6.19. The first kappa shape index (κ1) is 17.5. The first-order valence-corrected chi connectivity index (χ1v) is 6.67. The second-order valence-corrected chi connectivity index (χ2v) is 4.30. The standard InChI is InChI=1S/C15H17NO6/c1-3-21-7-8-22-15(18)14(11(2)17)10-12-5-4-6-13(9-12)16(19)20/h4-6,9-10H,3,7-8H2,1-2H3. The minimum Gasteiger partial charge on any atom is -0.460 e. The number of Topliss-reactive ketones (excluding diaryl/α,β-unsaturated/α-hetero) is 1. The third kappa shape index (κ3) is 5.45. The minimum atomic E-state index is -0.779. The van der Waals surface area contributed by atoms with E-state index in [4.69, 9.17) is 9.47 Å². The minimum absolute atomic E-state index is 0.0340. The lowest BCUT2D eigenvalue weighted by atomic mass is 10.1.